The molecule has 26 heavy (non-hydrogen) atoms. The van der Waals surface area contributed by atoms with E-state index < -0.39 is 22.0 Å². The number of methoxy groups -OCH3 is 1. The number of para-hydroxylation sites is 1. The number of hydrogen-bond acceptors (Lipinski definition) is 7. The number of fused-ring (bicyclic) bond motifs is 1. The first-order valence-electron chi connectivity index (χ1n) is 7.63. The zero-order valence-corrected chi connectivity index (χ0v) is 15.4. The molecular formula is C17H16N2O5S2. The van der Waals surface area contributed by atoms with Crippen molar-refractivity contribution < 1.29 is 23.1 Å². The molecule has 1 aromatic heterocycles. The Morgan fingerprint density at radius 2 is 1.92 bits per heavy atom. The van der Waals surface area contributed by atoms with Gasteiger partial charge in [-0.3, -0.25) is 4.79 Å². The first-order valence-corrected chi connectivity index (χ1v) is 9.92. The number of carbonyl (C=O) groups is 1. The van der Waals surface area contributed by atoms with Gasteiger partial charge in [-0.2, -0.15) is 4.72 Å². The SMILES string of the molecule is COC(=O)C(Cc1ccc(O)cc1)NS(=O)(=O)c1nc2ccccc2s1. The fourth-order valence-corrected chi connectivity index (χ4v) is 4.81. The van der Waals surface area contributed by atoms with Gasteiger partial charge >= 0.3 is 5.97 Å². The molecule has 136 valence electrons. The lowest BCUT2D eigenvalue weighted by atomic mass is 10.1. The lowest BCUT2D eigenvalue weighted by Gasteiger charge is -2.15. The van der Waals surface area contributed by atoms with Crippen molar-refractivity contribution >= 4 is 37.5 Å². The van der Waals surface area contributed by atoms with Gasteiger partial charge in [-0.15, -0.1) is 11.3 Å². The fraction of sp³-hybridized carbons (Fsp3) is 0.176. The molecule has 0 saturated carbocycles. The summed E-state index contributed by atoms with van der Waals surface area (Å²) in [6.07, 6.45) is 0.0804. The Morgan fingerprint density at radius 3 is 2.58 bits per heavy atom. The summed E-state index contributed by atoms with van der Waals surface area (Å²) in [4.78, 5) is 16.2. The van der Waals surface area contributed by atoms with Gasteiger partial charge in [-0.25, -0.2) is 13.4 Å². The minimum absolute atomic E-state index is 0.0804. The molecular weight excluding hydrogens is 376 g/mol. The van der Waals surface area contributed by atoms with Crippen LogP contribution in [0.3, 0.4) is 0 Å². The monoisotopic (exact) mass is 392 g/mol. The maximum atomic E-state index is 12.7. The largest absolute Gasteiger partial charge is 0.508 e. The lowest BCUT2D eigenvalue weighted by Crippen LogP contribution is -2.42. The number of phenolic OH excluding ortho intramolecular Hbond substituents is 1. The maximum absolute atomic E-state index is 12.7. The number of aromatic hydroxyl groups is 1. The zero-order chi connectivity index (χ0) is 18.7. The fourth-order valence-electron chi connectivity index (χ4n) is 2.39. The average molecular weight is 392 g/mol. The van der Waals surface area contributed by atoms with Crippen molar-refractivity contribution in [3.05, 3.63) is 54.1 Å². The van der Waals surface area contributed by atoms with Crippen molar-refractivity contribution in [3.63, 3.8) is 0 Å². The topological polar surface area (TPSA) is 106 Å². The third-order valence-electron chi connectivity index (χ3n) is 3.66. The van der Waals surface area contributed by atoms with E-state index in [1.807, 2.05) is 0 Å². The van der Waals surface area contributed by atoms with E-state index in [1.54, 1.807) is 36.4 Å². The van der Waals surface area contributed by atoms with Gasteiger partial charge in [0.25, 0.3) is 10.0 Å². The minimum Gasteiger partial charge on any atom is -0.508 e. The Kier molecular flexibility index (Phi) is 5.21. The van der Waals surface area contributed by atoms with Crippen LogP contribution < -0.4 is 4.72 Å². The summed E-state index contributed by atoms with van der Waals surface area (Å²) in [6, 6.07) is 12.1. The summed E-state index contributed by atoms with van der Waals surface area (Å²) < 4.78 is 33.0. The van der Waals surface area contributed by atoms with Crippen molar-refractivity contribution in [1.82, 2.24) is 9.71 Å². The molecule has 1 atom stereocenters. The van der Waals surface area contributed by atoms with Crippen LogP contribution in [-0.2, 0) is 26.0 Å². The highest BCUT2D eigenvalue weighted by molar-refractivity contribution is 7.91. The number of hydrogen-bond donors (Lipinski definition) is 2. The van der Waals surface area contributed by atoms with E-state index in [-0.39, 0.29) is 16.5 Å². The van der Waals surface area contributed by atoms with Gasteiger partial charge in [0, 0.05) is 0 Å². The second-order valence-corrected chi connectivity index (χ2v) is 8.43. The molecule has 0 aliphatic rings. The summed E-state index contributed by atoms with van der Waals surface area (Å²) in [7, 11) is -2.80. The molecule has 0 aliphatic carbocycles. The number of carbonyl (C=O) groups excluding carboxylic acids is 1. The van der Waals surface area contributed by atoms with Crippen LogP contribution in [0.1, 0.15) is 5.56 Å². The molecule has 0 amide bonds. The molecule has 0 spiro atoms. The zero-order valence-electron chi connectivity index (χ0n) is 13.7. The number of phenols is 1. The molecule has 2 aromatic carbocycles. The number of benzene rings is 2. The van der Waals surface area contributed by atoms with Gasteiger partial charge < -0.3 is 9.84 Å². The van der Waals surface area contributed by atoms with Crippen LogP contribution in [0.4, 0.5) is 0 Å². The lowest BCUT2D eigenvalue weighted by molar-refractivity contribution is -0.142. The van der Waals surface area contributed by atoms with Crippen LogP contribution in [0.5, 0.6) is 5.75 Å². The molecule has 0 aliphatic heterocycles. The van der Waals surface area contributed by atoms with E-state index in [9.17, 15) is 18.3 Å². The summed E-state index contributed by atoms with van der Waals surface area (Å²) in [6.45, 7) is 0. The summed E-state index contributed by atoms with van der Waals surface area (Å²) in [5.74, 6) is -0.624. The van der Waals surface area contributed by atoms with E-state index in [4.69, 9.17) is 4.74 Å². The Morgan fingerprint density at radius 1 is 1.23 bits per heavy atom. The predicted octanol–water partition coefficient (Wildman–Crippen LogP) is 2.06. The first kappa shape index (κ1) is 18.3. The van der Waals surface area contributed by atoms with Gasteiger partial charge in [0.05, 0.1) is 17.3 Å². The van der Waals surface area contributed by atoms with Gasteiger partial charge in [-0.05, 0) is 36.2 Å². The van der Waals surface area contributed by atoms with Crippen LogP contribution >= 0.6 is 11.3 Å². The normalized spacial score (nSPS) is 12.8. The summed E-state index contributed by atoms with van der Waals surface area (Å²) >= 11 is 1.03. The quantitative estimate of drug-likeness (QED) is 0.622. The molecule has 0 saturated heterocycles. The summed E-state index contributed by atoms with van der Waals surface area (Å²) in [5.41, 5.74) is 1.25. The molecule has 7 nitrogen and oxygen atoms in total. The number of rotatable bonds is 6. The maximum Gasteiger partial charge on any atom is 0.324 e. The van der Waals surface area contributed by atoms with Gasteiger partial charge in [0.2, 0.25) is 4.34 Å². The Bertz CT molecular complexity index is 996. The minimum atomic E-state index is -4.00. The molecule has 2 N–H and O–H groups in total. The number of esters is 1. The van der Waals surface area contributed by atoms with Crippen LogP contribution in [0, 0.1) is 0 Å². The standard InChI is InChI=1S/C17H16N2O5S2/c1-24-16(21)14(10-11-6-8-12(20)9-7-11)19-26(22,23)17-18-13-4-2-3-5-15(13)25-17/h2-9,14,19-20H,10H2,1H3. The van der Waals surface area contributed by atoms with Crippen LogP contribution in [0.2, 0.25) is 0 Å². The number of sulfonamides is 1. The van der Waals surface area contributed by atoms with E-state index in [1.165, 1.54) is 19.2 Å². The highest BCUT2D eigenvalue weighted by Gasteiger charge is 2.29. The Hall–Kier alpha value is -2.49. The van der Waals surface area contributed by atoms with Gasteiger partial charge in [0.15, 0.2) is 0 Å². The number of ether oxygens (including phenoxy) is 1. The molecule has 9 heteroatoms. The van der Waals surface area contributed by atoms with Crippen molar-refractivity contribution in [2.24, 2.45) is 0 Å². The number of thiazole rings is 1. The first-order chi connectivity index (χ1) is 12.4. The van der Waals surface area contributed by atoms with Crippen LogP contribution in [-0.4, -0.2) is 37.6 Å². The van der Waals surface area contributed by atoms with Crippen molar-refractivity contribution in [3.8, 4) is 5.75 Å². The van der Waals surface area contributed by atoms with Crippen LogP contribution in [0.25, 0.3) is 10.2 Å². The Labute approximate surface area is 154 Å². The van der Waals surface area contributed by atoms with Crippen molar-refractivity contribution in [2.45, 2.75) is 16.8 Å². The van der Waals surface area contributed by atoms with Crippen molar-refractivity contribution in [2.75, 3.05) is 7.11 Å². The van der Waals surface area contributed by atoms with Crippen LogP contribution in [0.15, 0.2) is 52.9 Å². The van der Waals surface area contributed by atoms with Gasteiger partial charge in [-0.1, -0.05) is 24.3 Å². The highest BCUT2D eigenvalue weighted by Crippen LogP contribution is 2.25. The van der Waals surface area contributed by atoms with Crippen molar-refractivity contribution in [1.29, 1.82) is 0 Å². The third-order valence-corrected chi connectivity index (χ3v) is 6.55. The summed E-state index contributed by atoms with van der Waals surface area (Å²) in [5, 5.41) is 9.34. The smallest absolute Gasteiger partial charge is 0.324 e. The molecule has 1 unspecified atom stereocenters. The molecule has 0 bridgehead atoms. The van der Waals surface area contributed by atoms with E-state index in [0.717, 1.165) is 16.0 Å². The van der Waals surface area contributed by atoms with E-state index >= 15 is 0 Å². The molecule has 0 fully saturated rings. The van der Waals surface area contributed by atoms with E-state index in [2.05, 4.69) is 9.71 Å². The molecule has 3 aromatic rings. The number of nitrogens with zero attached hydrogens (tertiary/aromatic N) is 1. The third kappa shape index (κ3) is 4.01. The second kappa shape index (κ2) is 7.40. The number of nitrogens with one attached hydrogen (secondary N) is 1. The Balaban J connectivity index is 1.87. The highest BCUT2D eigenvalue weighted by atomic mass is 32.2. The predicted molar refractivity (Wildman–Crippen MR) is 97.6 cm³/mol. The van der Waals surface area contributed by atoms with E-state index in [0.29, 0.717) is 11.1 Å². The second-order valence-electron chi connectivity index (χ2n) is 5.52. The molecule has 0 radical (unpaired) electrons. The van der Waals surface area contributed by atoms with Gasteiger partial charge in [0.1, 0.15) is 11.8 Å². The average Bonchev–Trinajstić information content (AvgIpc) is 3.07. The molecule has 3 rings (SSSR count). The number of aromatic nitrogens is 1. The molecule has 1 heterocycles.